The lowest BCUT2D eigenvalue weighted by Crippen LogP contribution is -1.84. The van der Waals surface area contributed by atoms with Crippen molar-refractivity contribution < 1.29 is 4.42 Å². The predicted octanol–water partition coefficient (Wildman–Crippen LogP) is 3.76. The molecule has 0 saturated heterocycles. The average molecular weight is 277 g/mol. The summed E-state index contributed by atoms with van der Waals surface area (Å²) >= 11 is 3.10. The summed E-state index contributed by atoms with van der Waals surface area (Å²) < 4.78 is 6.66. The van der Waals surface area contributed by atoms with E-state index in [0.29, 0.717) is 5.22 Å². The summed E-state index contributed by atoms with van der Waals surface area (Å²) in [6, 6.07) is 0. The van der Waals surface area contributed by atoms with E-state index in [4.69, 9.17) is 4.42 Å². The van der Waals surface area contributed by atoms with Crippen LogP contribution in [0, 0.1) is 20.8 Å². The maximum absolute atomic E-state index is 5.57. The molecule has 0 atom stereocenters. The van der Waals surface area contributed by atoms with Crippen molar-refractivity contribution in [2.24, 2.45) is 0 Å². The van der Waals surface area contributed by atoms with Crippen LogP contribution in [0.5, 0.6) is 0 Å². The first-order valence-electron chi connectivity index (χ1n) is 5.46. The fraction of sp³-hybridized carbons (Fsp3) is 0.250. The third-order valence-electron chi connectivity index (χ3n) is 2.69. The van der Waals surface area contributed by atoms with Crippen molar-refractivity contribution >= 4 is 33.3 Å². The van der Waals surface area contributed by atoms with Crippen molar-refractivity contribution in [3.8, 4) is 0 Å². The number of hydrogen-bond donors (Lipinski definition) is 0. The standard InChI is InChI=1S/C12H11N3OS2/c1-6-4-17-10-9(6)13-5-14-11(10)18-12-15-7(2)8(3)16-12/h4-5H,1-3H3. The summed E-state index contributed by atoms with van der Waals surface area (Å²) in [7, 11) is 0. The zero-order valence-electron chi connectivity index (χ0n) is 10.2. The number of oxazole rings is 1. The van der Waals surface area contributed by atoms with Crippen LogP contribution in [0.3, 0.4) is 0 Å². The molecule has 3 heterocycles. The lowest BCUT2D eigenvalue weighted by atomic mass is 10.3. The SMILES string of the molecule is Cc1nc(Sc2ncnc3c(C)csc23)oc1C. The highest BCUT2D eigenvalue weighted by Crippen LogP contribution is 2.35. The van der Waals surface area contributed by atoms with E-state index < -0.39 is 0 Å². The van der Waals surface area contributed by atoms with E-state index in [1.165, 1.54) is 17.3 Å². The van der Waals surface area contributed by atoms with Gasteiger partial charge < -0.3 is 4.42 Å². The van der Waals surface area contributed by atoms with Crippen LogP contribution >= 0.6 is 23.1 Å². The monoisotopic (exact) mass is 277 g/mol. The fourth-order valence-corrected chi connectivity index (χ4v) is 3.55. The van der Waals surface area contributed by atoms with Crippen molar-refractivity contribution in [2.45, 2.75) is 31.0 Å². The van der Waals surface area contributed by atoms with Crippen LogP contribution in [0.15, 0.2) is 26.4 Å². The second kappa shape index (κ2) is 4.37. The molecule has 0 fully saturated rings. The van der Waals surface area contributed by atoms with Crippen LogP contribution in [0.1, 0.15) is 17.0 Å². The Kier molecular flexibility index (Phi) is 2.83. The summed E-state index contributed by atoms with van der Waals surface area (Å²) in [6.07, 6.45) is 1.59. The number of nitrogens with zero attached hydrogens (tertiary/aromatic N) is 3. The molecule has 3 aromatic heterocycles. The van der Waals surface area contributed by atoms with Gasteiger partial charge in [-0.3, -0.25) is 0 Å². The van der Waals surface area contributed by atoms with E-state index in [1.807, 2.05) is 13.8 Å². The minimum atomic E-state index is 0.635. The van der Waals surface area contributed by atoms with Crippen molar-refractivity contribution in [3.05, 3.63) is 28.7 Å². The molecule has 3 aromatic rings. The van der Waals surface area contributed by atoms with Gasteiger partial charge in [-0.05, 0) is 43.5 Å². The van der Waals surface area contributed by atoms with Crippen molar-refractivity contribution in [1.29, 1.82) is 0 Å². The largest absolute Gasteiger partial charge is 0.436 e. The summed E-state index contributed by atoms with van der Waals surface area (Å²) in [5, 5.41) is 3.63. The van der Waals surface area contributed by atoms with Gasteiger partial charge in [0.15, 0.2) is 0 Å². The molecule has 0 N–H and O–H groups in total. The van der Waals surface area contributed by atoms with Crippen molar-refractivity contribution in [1.82, 2.24) is 15.0 Å². The molecule has 0 saturated carbocycles. The molecule has 0 spiro atoms. The van der Waals surface area contributed by atoms with E-state index in [-0.39, 0.29) is 0 Å². The Morgan fingerprint density at radius 1 is 1.22 bits per heavy atom. The number of aryl methyl sites for hydroxylation is 3. The van der Waals surface area contributed by atoms with Crippen LogP contribution in [-0.4, -0.2) is 15.0 Å². The van der Waals surface area contributed by atoms with E-state index >= 15 is 0 Å². The first kappa shape index (κ1) is 11.7. The Hall–Kier alpha value is -1.40. The molecule has 0 unspecified atom stereocenters. The van der Waals surface area contributed by atoms with Crippen LogP contribution < -0.4 is 0 Å². The summed E-state index contributed by atoms with van der Waals surface area (Å²) in [5.74, 6) is 0.852. The van der Waals surface area contributed by atoms with Gasteiger partial charge in [-0.15, -0.1) is 11.3 Å². The lowest BCUT2D eigenvalue weighted by molar-refractivity contribution is 0.431. The Morgan fingerprint density at radius 3 is 2.78 bits per heavy atom. The van der Waals surface area contributed by atoms with Crippen LogP contribution in [0.25, 0.3) is 10.2 Å². The number of fused-ring (bicyclic) bond motifs is 1. The Morgan fingerprint density at radius 2 is 2.06 bits per heavy atom. The van der Waals surface area contributed by atoms with E-state index in [9.17, 15) is 0 Å². The highest BCUT2D eigenvalue weighted by Gasteiger charge is 2.13. The molecule has 0 aliphatic heterocycles. The van der Waals surface area contributed by atoms with Gasteiger partial charge in [0, 0.05) is 0 Å². The molecular weight excluding hydrogens is 266 g/mol. The molecule has 0 amide bonds. The minimum Gasteiger partial charge on any atom is -0.436 e. The third-order valence-corrected chi connectivity index (χ3v) is 4.77. The van der Waals surface area contributed by atoms with Gasteiger partial charge in [-0.1, -0.05) is 0 Å². The first-order chi connectivity index (χ1) is 8.65. The summed E-state index contributed by atoms with van der Waals surface area (Å²) in [5.41, 5.74) is 3.11. The number of aromatic nitrogens is 3. The number of hydrogen-bond acceptors (Lipinski definition) is 6. The van der Waals surface area contributed by atoms with Gasteiger partial charge in [-0.25, -0.2) is 15.0 Å². The third kappa shape index (κ3) is 1.91. The van der Waals surface area contributed by atoms with Gasteiger partial charge in [0.2, 0.25) is 0 Å². The molecule has 0 bridgehead atoms. The maximum atomic E-state index is 5.57. The highest BCUT2D eigenvalue weighted by atomic mass is 32.2. The molecule has 92 valence electrons. The molecule has 6 heteroatoms. The Balaban J connectivity index is 2.04. The van der Waals surface area contributed by atoms with E-state index in [0.717, 1.165) is 26.7 Å². The second-order valence-electron chi connectivity index (χ2n) is 4.00. The van der Waals surface area contributed by atoms with Gasteiger partial charge in [0.25, 0.3) is 5.22 Å². The zero-order chi connectivity index (χ0) is 12.7. The second-order valence-corrected chi connectivity index (χ2v) is 5.82. The summed E-state index contributed by atoms with van der Waals surface area (Å²) in [6.45, 7) is 5.91. The molecule has 3 rings (SSSR count). The smallest absolute Gasteiger partial charge is 0.262 e. The van der Waals surface area contributed by atoms with Crippen LogP contribution in [0.2, 0.25) is 0 Å². The van der Waals surface area contributed by atoms with Crippen molar-refractivity contribution in [2.75, 3.05) is 0 Å². The topological polar surface area (TPSA) is 51.8 Å². The van der Waals surface area contributed by atoms with Crippen LogP contribution in [-0.2, 0) is 0 Å². The summed E-state index contributed by atoms with van der Waals surface area (Å²) in [4.78, 5) is 13.0. The average Bonchev–Trinajstić information content (AvgIpc) is 2.86. The Labute approximate surface area is 112 Å². The molecule has 4 nitrogen and oxygen atoms in total. The van der Waals surface area contributed by atoms with Gasteiger partial charge >= 0.3 is 0 Å². The van der Waals surface area contributed by atoms with Gasteiger partial charge in [0.1, 0.15) is 17.1 Å². The molecular formula is C12H11N3OS2. The molecule has 0 aliphatic carbocycles. The minimum absolute atomic E-state index is 0.635. The van der Waals surface area contributed by atoms with Crippen molar-refractivity contribution in [3.63, 3.8) is 0 Å². The lowest BCUT2D eigenvalue weighted by Gasteiger charge is -1.97. The first-order valence-corrected chi connectivity index (χ1v) is 7.15. The normalized spacial score (nSPS) is 11.3. The van der Waals surface area contributed by atoms with E-state index in [1.54, 1.807) is 17.7 Å². The highest BCUT2D eigenvalue weighted by molar-refractivity contribution is 7.99. The quantitative estimate of drug-likeness (QED) is 0.668. The van der Waals surface area contributed by atoms with Gasteiger partial charge in [-0.2, -0.15) is 0 Å². The molecule has 0 radical (unpaired) electrons. The predicted molar refractivity (Wildman–Crippen MR) is 72.3 cm³/mol. The Bertz CT molecular complexity index is 698. The fourth-order valence-electron chi connectivity index (χ4n) is 1.59. The van der Waals surface area contributed by atoms with E-state index in [2.05, 4.69) is 27.3 Å². The maximum Gasteiger partial charge on any atom is 0.262 e. The number of rotatable bonds is 2. The van der Waals surface area contributed by atoms with Crippen LogP contribution in [0.4, 0.5) is 0 Å². The molecule has 0 aliphatic rings. The zero-order valence-corrected chi connectivity index (χ0v) is 11.9. The molecule has 0 aromatic carbocycles. The van der Waals surface area contributed by atoms with Gasteiger partial charge in [0.05, 0.1) is 15.9 Å². The molecule has 18 heavy (non-hydrogen) atoms. The number of thiophene rings is 1.